The van der Waals surface area contributed by atoms with E-state index in [1.165, 1.54) is 7.11 Å². The second-order valence-corrected chi connectivity index (χ2v) is 4.64. The van der Waals surface area contributed by atoms with Gasteiger partial charge in [-0.25, -0.2) is 4.79 Å². The molecule has 0 N–H and O–H groups in total. The second kappa shape index (κ2) is 4.75. The first-order valence-electron chi connectivity index (χ1n) is 5.12. The topological polar surface area (TPSA) is 31.2 Å². The van der Waals surface area contributed by atoms with Gasteiger partial charge in [0.2, 0.25) is 0 Å². The predicted octanol–water partition coefficient (Wildman–Crippen LogP) is 3.24. The Labute approximate surface area is 108 Å². The zero-order valence-electron chi connectivity index (χ0n) is 9.61. The Morgan fingerprint density at radius 1 is 1.29 bits per heavy atom. The van der Waals surface area contributed by atoms with Crippen LogP contribution in [0.15, 0.2) is 41.0 Å². The van der Waals surface area contributed by atoms with E-state index < -0.39 is 0 Å². The number of carbonyl (C=O) groups is 1. The Kier molecular flexibility index (Phi) is 3.33. The number of esters is 1. The van der Waals surface area contributed by atoms with Crippen molar-refractivity contribution < 1.29 is 9.53 Å². The van der Waals surface area contributed by atoms with Gasteiger partial charge in [0.15, 0.2) is 0 Å². The molecule has 4 heteroatoms. The van der Waals surface area contributed by atoms with Gasteiger partial charge < -0.3 is 9.30 Å². The summed E-state index contributed by atoms with van der Waals surface area (Å²) in [6, 6.07) is 9.77. The van der Waals surface area contributed by atoms with Crippen molar-refractivity contribution in [3.63, 3.8) is 0 Å². The minimum atomic E-state index is -0.325. The number of hydrogen-bond acceptors (Lipinski definition) is 2. The van der Waals surface area contributed by atoms with Crippen molar-refractivity contribution in [1.29, 1.82) is 0 Å². The Hall–Kier alpha value is -1.55. The lowest BCUT2D eigenvalue weighted by molar-refractivity contribution is 0.0590. The van der Waals surface area contributed by atoms with Crippen molar-refractivity contribution in [3.05, 3.63) is 46.7 Å². The quantitative estimate of drug-likeness (QED) is 0.796. The molecule has 1 heterocycles. The first-order valence-corrected chi connectivity index (χ1v) is 5.91. The molecule has 0 atom stereocenters. The maximum absolute atomic E-state index is 11.5. The molecule has 88 valence electrons. The number of methoxy groups -OCH3 is 1. The summed E-state index contributed by atoms with van der Waals surface area (Å²) in [6.45, 7) is 0. The molecule has 1 aromatic carbocycles. The molecular formula is C13H12BrNO2. The Bertz CT molecular complexity index is 560. The van der Waals surface area contributed by atoms with Gasteiger partial charge in [0.1, 0.15) is 5.69 Å². The van der Waals surface area contributed by atoms with Crippen molar-refractivity contribution in [2.24, 2.45) is 7.05 Å². The molecular weight excluding hydrogens is 282 g/mol. The van der Waals surface area contributed by atoms with Gasteiger partial charge in [-0.2, -0.15) is 0 Å². The Morgan fingerprint density at radius 3 is 2.71 bits per heavy atom. The summed E-state index contributed by atoms with van der Waals surface area (Å²) in [5.74, 6) is -0.325. The number of ether oxygens (including phenoxy) is 1. The van der Waals surface area contributed by atoms with E-state index in [4.69, 9.17) is 4.74 Å². The lowest BCUT2D eigenvalue weighted by atomic mass is 10.1. The lowest BCUT2D eigenvalue weighted by Gasteiger charge is -1.98. The number of aryl methyl sites for hydroxylation is 1. The van der Waals surface area contributed by atoms with E-state index in [1.54, 1.807) is 4.57 Å². The molecule has 1 aromatic heterocycles. The Balaban J connectivity index is 2.44. The van der Waals surface area contributed by atoms with E-state index >= 15 is 0 Å². The summed E-state index contributed by atoms with van der Waals surface area (Å²) in [6.07, 6.45) is 1.91. The van der Waals surface area contributed by atoms with Crippen molar-refractivity contribution in [3.8, 4) is 11.1 Å². The number of benzene rings is 1. The summed E-state index contributed by atoms with van der Waals surface area (Å²) in [5.41, 5.74) is 2.60. The standard InChI is InChI=1S/C13H12BrNO2/c1-15-8-10(7-12(15)13(16)17-2)9-4-3-5-11(14)6-9/h3-8H,1-2H3. The van der Waals surface area contributed by atoms with Gasteiger partial charge in [-0.1, -0.05) is 28.1 Å². The van der Waals surface area contributed by atoms with E-state index in [0.29, 0.717) is 5.69 Å². The highest BCUT2D eigenvalue weighted by Gasteiger charge is 2.12. The molecule has 2 aromatic rings. The van der Waals surface area contributed by atoms with E-state index in [1.807, 2.05) is 43.6 Å². The van der Waals surface area contributed by atoms with Crippen LogP contribution < -0.4 is 0 Å². The van der Waals surface area contributed by atoms with Crippen LogP contribution in [0, 0.1) is 0 Å². The van der Waals surface area contributed by atoms with Crippen LogP contribution in [0.3, 0.4) is 0 Å². The highest BCUT2D eigenvalue weighted by Crippen LogP contribution is 2.24. The number of rotatable bonds is 2. The fraction of sp³-hybridized carbons (Fsp3) is 0.154. The SMILES string of the molecule is COC(=O)c1cc(-c2cccc(Br)c2)cn1C. The first-order chi connectivity index (χ1) is 8.11. The van der Waals surface area contributed by atoms with E-state index in [-0.39, 0.29) is 5.97 Å². The molecule has 0 aliphatic carbocycles. The number of nitrogens with zero attached hydrogens (tertiary/aromatic N) is 1. The van der Waals surface area contributed by atoms with Gasteiger partial charge in [-0.3, -0.25) is 0 Å². The summed E-state index contributed by atoms with van der Waals surface area (Å²) >= 11 is 3.43. The van der Waals surface area contributed by atoms with Gasteiger partial charge in [-0.15, -0.1) is 0 Å². The average Bonchev–Trinajstić information content (AvgIpc) is 2.70. The van der Waals surface area contributed by atoms with Crippen molar-refractivity contribution in [2.45, 2.75) is 0 Å². The summed E-state index contributed by atoms with van der Waals surface area (Å²) in [7, 11) is 3.21. The first kappa shape index (κ1) is 11.9. The van der Waals surface area contributed by atoms with Crippen LogP contribution in [0.5, 0.6) is 0 Å². The molecule has 0 aliphatic heterocycles. The largest absolute Gasteiger partial charge is 0.464 e. The van der Waals surface area contributed by atoms with Crippen molar-refractivity contribution in [2.75, 3.05) is 7.11 Å². The second-order valence-electron chi connectivity index (χ2n) is 3.73. The molecule has 0 saturated carbocycles. The van der Waals surface area contributed by atoms with Gasteiger partial charge in [0.25, 0.3) is 0 Å². The van der Waals surface area contributed by atoms with Crippen LogP contribution in [0.4, 0.5) is 0 Å². The van der Waals surface area contributed by atoms with Gasteiger partial charge >= 0.3 is 5.97 Å². The lowest BCUT2D eigenvalue weighted by Crippen LogP contribution is -2.06. The number of hydrogen-bond donors (Lipinski definition) is 0. The zero-order chi connectivity index (χ0) is 12.4. The Morgan fingerprint density at radius 2 is 2.06 bits per heavy atom. The van der Waals surface area contributed by atoms with Crippen LogP contribution >= 0.6 is 15.9 Å². The average molecular weight is 294 g/mol. The predicted molar refractivity (Wildman–Crippen MR) is 69.9 cm³/mol. The maximum atomic E-state index is 11.5. The molecule has 0 saturated heterocycles. The summed E-state index contributed by atoms with van der Waals surface area (Å²) in [4.78, 5) is 11.5. The number of carbonyl (C=O) groups excluding carboxylic acids is 1. The van der Waals surface area contributed by atoms with Crippen LogP contribution in [-0.4, -0.2) is 17.6 Å². The maximum Gasteiger partial charge on any atom is 0.354 e. The minimum Gasteiger partial charge on any atom is -0.464 e. The monoisotopic (exact) mass is 293 g/mol. The molecule has 0 amide bonds. The highest BCUT2D eigenvalue weighted by atomic mass is 79.9. The molecule has 0 bridgehead atoms. The minimum absolute atomic E-state index is 0.325. The molecule has 0 radical (unpaired) electrons. The summed E-state index contributed by atoms with van der Waals surface area (Å²) in [5, 5.41) is 0. The van der Waals surface area contributed by atoms with Crippen LogP contribution in [0.25, 0.3) is 11.1 Å². The summed E-state index contributed by atoms with van der Waals surface area (Å²) < 4.78 is 7.50. The van der Waals surface area contributed by atoms with Gasteiger partial charge in [0.05, 0.1) is 7.11 Å². The third kappa shape index (κ3) is 2.42. The normalized spacial score (nSPS) is 10.3. The third-order valence-electron chi connectivity index (χ3n) is 2.56. The smallest absolute Gasteiger partial charge is 0.354 e. The van der Waals surface area contributed by atoms with E-state index in [9.17, 15) is 4.79 Å². The molecule has 3 nitrogen and oxygen atoms in total. The molecule has 0 unspecified atom stereocenters. The molecule has 0 fully saturated rings. The van der Waals surface area contributed by atoms with E-state index in [0.717, 1.165) is 15.6 Å². The highest BCUT2D eigenvalue weighted by molar-refractivity contribution is 9.10. The fourth-order valence-electron chi connectivity index (χ4n) is 1.70. The third-order valence-corrected chi connectivity index (χ3v) is 3.05. The fourth-order valence-corrected chi connectivity index (χ4v) is 2.10. The van der Waals surface area contributed by atoms with E-state index in [2.05, 4.69) is 15.9 Å². The molecule has 0 spiro atoms. The molecule has 2 rings (SSSR count). The van der Waals surface area contributed by atoms with Crippen LogP contribution in [0.1, 0.15) is 10.5 Å². The van der Waals surface area contributed by atoms with Crippen LogP contribution in [-0.2, 0) is 11.8 Å². The van der Waals surface area contributed by atoms with Gasteiger partial charge in [-0.05, 0) is 23.8 Å². The number of halogens is 1. The van der Waals surface area contributed by atoms with Crippen LogP contribution in [0.2, 0.25) is 0 Å². The zero-order valence-corrected chi connectivity index (χ0v) is 11.2. The van der Waals surface area contributed by atoms with Crippen molar-refractivity contribution in [1.82, 2.24) is 4.57 Å². The van der Waals surface area contributed by atoms with Crippen molar-refractivity contribution >= 4 is 21.9 Å². The van der Waals surface area contributed by atoms with Gasteiger partial charge in [0, 0.05) is 23.3 Å². The molecule has 0 aliphatic rings. The molecule has 17 heavy (non-hydrogen) atoms. The number of aromatic nitrogens is 1.